The number of nitrogens with one attached hydrogen (secondary N) is 1. The molecule has 0 aliphatic carbocycles. The van der Waals surface area contributed by atoms with Gasteiger partial charge in [0.2, 0.25) is 0 Å². The SMILES string of the molecule is CCCOc1ccc(CCNC(CC)C(=O)O)cc1N. The van der Waals surface area contributed by atoms with Gasteiger partial charge in [0.1, 0.15) is 11.8 Å². The molecule has 0 amide bonds. The molecule has 1 atom stereocenters. The molecule has 0 saturated heterocycles. The third kappa shape index (κ3) is 5.09. The van der Waals surface area contributed by atoms with E-state index >= 15 is 0 Å². The van der Waals surface area contributed by atoms with Crippen LogP contribution in [0, 0.1) is 0 Å². The highest BCUT2D eigenvalue weighted by atomic mass is 16.5. The molecule has 4 N–H and O–H groups in total. The first-order chi connectivity index (χ1) is 9.58. The summed E-state index contributed by atoms with van der Waals surface area (Å²) in [5, 5.41) is 11.9. The summed E-state index contributed by atoms with van der Waals surface area (Å²) in [5.74, 6) is -0.101. The van der Waals surface area contributed by atoms with Crippen LogP contribution in [-0.2, 0) is 11.2 Å². The van der Waals surface area contributed by atoms with Gasteiger partial charge in [-0.2, -0.15) is 0 Å². The summed E-state index contributed by atoms with van der Waals surface area (Å²) in [6.07, 6.45) is 2.25. The maximum Gasteiger partial charge on any atom is 0.320 e. The third-order valence-electron chi connectivity index (χ3n) is 3.05. The van der Waals surface area contributed by atoms with E-state index in [0.29, 0.717) is 31.0 Å². The highest BCUT2D eigenvalue weighted by Crippen LogP contribution is 2.22. The molecule has 0 spiro atoms. The molecule has 0 aliphatic rings. The van der Waals surface area contributed by atoms with Crippen LogP contribution in [-0.4, -0.2) is 30.3 Å². The van der Waals surface area contributed by atoms with E-state index in [1.807, 2.05) is 32.0 Å². The Hall–Kier alpha value is -1.75. The van der Waals surface area contributed by atoms with E-state index in [1.54, 1.807) is 0 Å². The van der Waals surface area contributed by atoms with E-state index in [0.717, 1.165) is 18.4 Å². The first kappa shape index (κ1) is 16.3. The number of anilines is 1. The minimum atomic E-state index is -0.810. The monoisotopic (exact) mass is 280 g/mol. The fourth-order valence-electron chi connectivity index (χ4n) is 1.89. The molecule has 20 heavy (non-hydrogen) atoms. The standard InChI is InChI=1S/C15H24N2O3/c1-3-9-20-14-6-5-11(10-12(14)16)7-8-17-13(4-2)15(18)19/h5-6,10,13,17H,3-4,7-9,16H2,1-2H3,(H,18,19). The van der Waals surface area contributed by atoms with Crippen molar-refractivity contribution in [1.29, 1.82) is 0 Å². The van der Waals surface area contributed by atoms with Gasteiger partial charge in [-0.3, -0.25) is 4.79 Å². The van der Waals surface area contributed by atoms with Gasteiger partial charge in [0, 0.05) is 0 Å². The zero-order valence-electron chi connectivity index (χ0n) is 12.2. The van der Waals surface area contributed by atoms with Crippen molar-refractivity contribution in [1.82, 2.24) is 5.32 Å². The first-order valence-corrected chi connectivity index (χ1v) is 7.05. The molecule has 0 aromatic heterocycles. The Balaban J connectivity index is 2.48. The topological polar surface area (TPSA) is 84.6 Å². The molecule has 1 rings (SSSR count). The number of nitrogens with two attached hydrogens (primary N) is 1. The van der Waals surface area contributed by atoms with Crippen LogP contribution < -0.4 is 15.8 Å². The van der Waals surface area contributed by atoms with Gasteiger partial charge in [-0.1, -0.05) is 19.9 Å². The van der Waals surface area contributed by atoms with Gasteiger partial charge in [0.15, 0.2) is 0 Å². The van der Waals surface area contributed by atoms with Gasteiger partial charge in [-0.25, -0.2) is 0 Å². The second-order valence-corrected chi connectivity index (χ2v) is 4.72. The molecule has 0 radical (unpaired) electrons. The number of hydrogen-bond donors (Lipinski definition) is 3. The number of rotatable bonds is 9. The summed E-state index contributed by atoms with van der Waals surface area (Å²) < 4.78 is 5.51. The molecule has 0 bridgehead atoms. The van der Waals surface area contributed by atoms with Gasteiger partial charge in [0.05, 0.1) is 12.3 Å². The van der Waals surface area contributed by atoms with Crippen molar-refractivity contribution < 1.29 is 14.6 Å². The van der Waals surface area contributed by atoms with E-state index in [9.17, 15) is 4.79 Å². The summed E-state index contributed by atoms with van der Waals surface area (Å²) in [5.41, 5.74) is 7.62. The van der Waals surface area contributed by atoms with Crippen LogP contribution in [0.4, 0.5) is 5.69 Å². The Morgan fingerprint density at radius 1 is 1.45 bits per heavy atom. The molecule has 0 saturated carbocycles. The van der Waals surface area contributed by atoms with Crippen LogP contribution in [0.25, 0.3) is 0 Å². The minimum absolute atomic E-state index is 0.487. The zero-order chi connectivity index (χ0) is 15.0. The smallest absolute Gasteiger partial charge is 0.320 e. The van der Waals surface area contributed by atoms with Crippen molar-refractivity contribution >= 4 is 11.7 Å². The Morgan fingerprint density at radius 2 is 2.20 bits per heavy atom. The third-order valence-corrected chi connectivity index (χ3v) is 3.05. The second-order valence-electron chi connectivity index (χ2n) is 4.72. The first-order valence-electron chi connectivity index (χ1n) is 7.05. The van der Waals surface area contributed by atoms with Crippen LogP contribution >= 0.6 is 0 Å². The molecule has 5 heteroatoms. The van der Waals surface area contributed by atoms with E-state index in [1.165, 1.54) is 0 Å². The maximum absolute atomic E-state index is 10.9. The van der Waals surface area contributed by atoms with Crippen molar-refractivity contribution in [3.8, 4) is 5.75 Å². The summed E-state index contributed by atoms with van der Waals surface area (Å²) in [4.78, 5) is 10.9. The van der Waals surface area contributed by atoms with E-state index in [2.05, 4.69) is 5.32 Å². The molecule has 112 valence electrons. The van der Waals surface area contributed by atoms with E-state index in [-0.39, 0.29) is 0 Å². The molecular formula is C15H24N2O3. The van der Waals surface area contributed by atoms with Crippen LogP contribution in [0.15, 0.2) is 18.2 Å². The number of aliphatic carboxylic acids is 1. The van der Waals surface area contributed by atoms with Crippen molar-refractivity contribution in [2.24, 2.45) is 0 Å². The molecule has 0 fully saturated rings. The van der Waals surface area contributed by atoms with Crippen LogP contribution in [0.5, 0.6) is 5.75 Å². The molecule has 5 nitrogen and oxygen atoms in total. The Bertz CT molecular complexity index is 435. The number of hydrogen-bond acceptors (Lipinski definition) is 4. The quantitative estimate of drug-likeness (QED) is 0.603. The normalized spacial score (nSPS) is 12.1. The molecule has 0 heterocycles. The highest BCUT2D eigenvalue weighted by molar-refractivity contribution is 5.73. The lowest BCUT2D eigenvalue weighted by atomic mass is 10.1. The summed E-state index contributed by atoms with van der Waals surface area (Å²) in [7, 11) is 0. The van der Waals surface area contributed by atoms with Crippen molar-refractivity contribution in [2.75, 3.05) is 18.9 Å². The molecule has 1 aromatic carbocycles. The number of ether oxygens (including phenoxy) is 1. The number of benzene rings is 1. The lowest BCUT2D eigenvalue weighted by Crippen LogP contribution is -2.37. The fraction of sp³-hybridized carbons (Fsp3) is 0.533. The van der Waals surface area contributed by atoms with Crippen molar-refractivity contribution in [3.63, 3.8) is 0 Å². The van der Waals surface area contributed by atoms with Crippen LogP contribution in [0.1, 0.15) is 32.3 Å². The molecule has 1 aromatic rings. The fourth-order valence-corrected chi connectivity index (χ4v) is 1.89. The molecule has 1 unspecified atom stereocenters. The zero-order valence-corrected chi connectivity index (χ0v) is 12.2. The molecular weight excluding hydrogens is 256 g/mol. The number of carboxylic acid groups (broad SMARTS) is 1. The average molecular weight is 280 g/mol. The van der Waals surface area contributed by atoms with E-state index in [4.69, 9.17) is 15.6 Å². The second kappa shape index (κ2) is 8.43. The number of carboxylic acids is 1. The summed E-state index contributed by atoms with van der Waals surface area (Å²) in [6.45, 7) is 5.16. The van der Waals surface area contributed by atoms with Gasteiger partial charge < -0.3 is 20.9 Å². The lowest BCUT2D eigenvalue weighted by molar-refractivity contribution is -0.139. The Kier molecular flexibility index (Phi) is 6.87. The van der Waals surface area contributed by atoms with Crippen molar-refractivity contribution in [3.05, 3.63) is 23.8 Å². The minimum Gasteiger partial charge on any atom is -0.491 e. The average Bonchev–Trinajstić information content (AvgIpc) is 2.42. The Morgan fingerprint density at radius 3 is 2.75 bits per heavy atom. The van der Waals surface area contributed by atoms with Crippen LogP contribution in [0.3, 0.4) is 0 Å². The van der Waals surface area contributed by atoms with Gasteiger partial charge in [0.25, 0.3) is 0 Å². The van der Waals surface area contributed by atoms with Gasteiger partial charge >= 0.3 is 5.97 Å². The summed E-state index contributed by atoms with van der Waals surface area (Å²) in [6, 6.07) is 5.23. The molecule has 0 aliphatic heterocycles. The van der Waals surface area contributed by atoms with Crippen molar-refractivity contribution in [2.45, 2.75) is 39.2 Å². The predicted octanol–water partition coefficient (Wildman–Crippen LogP) is 2.05. The predicted molar refractivity (Wildman–Crippen MR) is 80.1 cm³/mol. The highest BCUT2D eigenvalue weighted by Gasteiger charge is 2.13. The van der Waals surface area contributed by atoms with Gasteiger partial charge in [-0.15, -0.1) is 0 Å². The number of carbonyl (C=O) groups is 1. The lowest BCUT2D eigenvalue weighted by Gasteiger charge is -2.13. The maximum atomic E-state index is 10.9. The van der Waals surface area contributed by atoms with Crippen LogP contribution in [0.2, 0.25) is 0 Å². The number of nitrogen functional groups attached to an aromatic ring is 1. The largest absolute Gasteiger partial charge is 0.491 e. The van der Waals surface area contributed by atoms with Gasteiger partial charge in [-0.05, 0) is 43.5 Å². The Labute approximate surface area is 120 Å². The summed E-state index contributed by atoms with van der Waals surface area (Å²) >= 11 is 0. The van der Waals surface area contributed by atoms with E-state index < -0.39 is 12.0 Å².